The molecular weight excluding hydrogens is 226 g/mol. The van der Waals surface area contributed by atoms with Crippen LogP contribution in [-0.4, -0.2) is 18.3 Å². The maximum absolute atomic E-state index is 9.21. The molecule has 0 radical (unpaired) electrons. The van der Waals surface area contributed by atoms with Crippen molar-refractivity contribution in [3.8, 4) is 11.5 Å². The average molecular weight is 243 g/mol. The van der Waals surface area contributed by atoms with Crippen molar-refractivity contribution in [2.75, 3.05) is 13.2 Å². The summed E-state index contributed by atoms with van der Waals surface area (Å²) in [6.45, 7) is 1.06. The highest BCUT2D eigenvalue weighted by molar-refractivity contribution is 5.33. The summed E-state index contributed by atoms with van der Waals surface area (Å²) in [5.41, 5.74) is 7.75. The molecular formula is C15H17NO2. The smallest absolute Gasteiger partial charge is 0.119 e. The van der Waals surface area contributed by atoms with Crippen molar-refractivity contribution in [1.29, 1.82) is 0 Å². The van der Waals surface area contributed by atoms with Crippen LogP contribution in [0.5, 0.6) is 11.5 Å². The maximum atomic E-state index is 9.21. The fourth-order valence-corrected chi connectivity index (χ4v) is 1.73. The molecule has 0 atom stereocenters. The Hall–Kier alpha value is -2.00. The highest BCUT2D eigenvalue weighted by Crippen LogP contribution is 2.17. The van der Waals surface area contributed by atoms with Crippen LogP contribution in [0.2, 0.25) is 0 Å². The zero-order valence-electron chi connectivity index (χ0n) is 10.2. The first-order chi connectivity index (χ1) is 8.78. The highest BCUT2D eigenvalue weighted by Gasteiger charge is 1.98. The van der Waals surface area contributed by atoms with E-state index >= 15 is 0 Å². The van der Waals surface area contributed by atoms with E-state index in [1.54, 1.807) is 12.1 Å². The second kappa shape index (κ2) is 6.07. The number of aromatic hydroxyl groups is 1. The second-order valence-corrected chi connectivity index (χ2v) is 4.12. The van der Waals surface area contributed by atoms with Crippen LogP contribution in [0.1, 0.15) is 11.1 Å². The van der Waals surface area contributed by atoms with Gasteiger partial charge in [0.2, 0.25) is 0 Å². The first-order valence-electron chi connectivity index (χ1n) is 5.97. The van der Waals surface area contributed by atoms with Crippen molar-refractivity contribution in [2.45, 2.75) is 6.42 Å². The van der Waals surface area contributed by atoms with Gasteiger partial charge in [-0.2, -0.15) is 0 Å². The normalized spacial score (nSPS) is 10.3. The third kappa shape index (κ3) is 3.50. The van der Waals surface area contributed by atoms with E-state index in [1.165, 1.54) is 11.1 Å². The topological polar surface area (TPSA) is 55.5 Å². The maximum Gasteiger partial charge on any atom is 0.119 e. The lowest BCUT2D eigenvalue weighted by atomic mass is 10.0. The highest BCUT2D eigenvalue weighted by atomic mass is 16.5. The summed E-state index contributed by atoms with van der Waals surface area (Å²) in [6.07, 6.45) is 0.845. The van der Waals surface area contributed by atoms with Crippen LogP contribution in [-0.2, 0) is 6.42 Å². The quantitative estimate of drug-likeness (QED) is 0.847. The van der Waals surface area contributed by atoms with Crippen LogP contribution < -0.4 is 10.5 Å². The van der Waals surface area contributed by atoms with E-state index in [0.717, 1.165) is 12.2 Å². The van der Waals surface area contributed by atoms with Gasteiger partial charge in [-0.25, -0.2) is 0 Å². The van der Waals surface area contributed by atoms with Crippen LogP contribution in [0.4, 0.5) is 0 Å². The molecule has 3 heteroatoms. The average Bonchev–Trinajstić information content (AvgIpc) is 2.41. The van der Waals surface area contributed by atoms with Crippen molar-refractivity contribution < 1.29 is 9.84 Å². The Morgan fingerprint density at radius 3 is 2.00 bits per heavy atom. The molecule has 0 aliphatic rings. The van der Waals surface area contributed by atoms with E-state index in [4.69, 9.17) is 10.5 Å². The second-order valence-electron chi connectivity index (χ2n) is 4.12. The zero-order valence-corrected chi connectivity index (χ0v) is 10.2. The first-order valence-corrected chi connectivity index (χ1v) is 5.97. The largest absolute Gasteiger partial charge is 0.508 e. The molecule has 0 spiro atoms. The summed E-state index contributed by atoms with van der Waals surface area (Å²) in [5.74, 6) is 1.14. The van der Waals surface area contributed by atoms with E-state index in [2.05, 4.69) is 0 Å². The molecule has 2 aromatic rings. The number of rotatable bonds is 5. The lowest BCUT2D eigenvalue weighted by Gasteiger charge is -2.06. The third-order valence-corrected chi connectivity index (χ3v) is 2.65. The number of nitrogens with two attached hydrogens (primary N) is 1. The fraction of sp³-hybridized carbons (Fsp3) is 0.200. The van der Waals surface area contributed by atoms with Crippen molar-refractivity contribution in [2.24, 2.45) is 5.73 Å². The lowest BCUT2D eigenvalue weighted by Crippen LogP contribution is -2.10. The standard InChI is InChI=1S/C15H17NO2/c16-9-10-18-15-7-3-13(4-8-15)11-12-1-5-14(17)6-2-12/h1-8,17H,9-11,16H2. The van der Waals surface area contributed by atoms with Gasteiger partial charge in [0.05, 0.1) is 0 Å². The van der Waals surface area contributed by atoms with E-state index < -0.39 is 0 Å². The minimum atomic E-state index is 0.296. The monoisotopic (exact) mass is 243 g/mol. The van der Waals surface area contributed by atoms with Crippen LogP contribution >= 0.6 is 0 Å². The molecule has 0 bridgehead atoms. The van der Waals surface area contributed by atoms with Gasteiger partial charge in [-0.1, -0.05) is 24.3 Å². The molecule has 3 nitrogen and oxygen atoms in total. The molecule has 0 aliphatic heterocycles. The molecule has 3 N–H and O–H groups in total. The van der Waals surface area contributed by atoms with Gasteiger partial charge in [0.25, 0.3) is 0 Å². The fourth-order valence-electron chi connectivity index (χ4n) is 1.73. The molecule has 18 heavy (non-hydrogen) atoms. The Morgan fingerprint density at radius 1 is 0.889 bits per heavy atom. The molecule has 94 valence electrons. The number of benzene rings is 2. The SMILES string of the molecule is NCCOc1ccc(Cc2ccc(O)cc2)cc1. The third-order valence-electron chi connectivity index (χ3n) is 2.65. The molecule has 0 saturated heterocycles. The van der Waals surface area contributed by atoms with Gasteiger partial charge in [0, 0.05) is 6.54 Å². The van der Waals surface area contributed by atoms with E-state index in [-0.39, 0.29) is 0 Å². The molecule has 0 amide bonds. The van der Waals surface area contributed by atoms with Crippen LogP contribution in [0.15, 0.2) is 48.5 Å². The number of hydrogen-bond acceptors (Lipinski definition) is 3. The van der Waals surface area contributed by atoms with Gasteiger partial charge in [-0.05, 0) is 41.8 Å². The predicted octanol–water partition coefficient (Wildman–Crippen LogP) is 2.32. The van der Waals surface area contributed by atoms with Crippen molar-refractivity contribution in [1.82, 2.24) is 0 Å². The minimum Gasteiger partial charge on any atom is -0.508 e. The summed E-state index contributed by atoms with van der Waals surface area (Å²) in [5, 5.41) is 9.21. The van der Waals surface area contributed by atoms with Gasteiger partial charge >= 0.3 is 0 Å². The predicted molar refractivity (Wildman–Crippen MR) is 71.9 cm³/mol. The van der Waals surface area contributed by atoms with Crippen molar-refractivity contribution in [3.63, 3.8) is 0 Å². The van der Waals surface area contributed by atoms with Crippen molar-refractivity contribution >= 4 is 0 Å². The number of hydrogen-bond donors (Lipinski definition) is 2. The van der Waals surface area contributed by atoms with Gasteiger partial charge in [0.15, 0.2) is 0 Å². The number of ether oxygens (including phenoxy) is 1. The van der Waals surface area contributed by atoms with Crippen LogP contribution in [0.25, 0.3) is 0 Å². The van der Waals surface area contributed by atoms with E-state index in [0.29, 0.717) is 18.9 Å². The summed E-state index contributed by atoms with van der Waals surface area (Å²) in [7, 11) is 0. The molecule has 0 saturated carbocycles. The van der Waals surface area contributed by atoms with Gasteiger partial charge < -0.3 is 15.6 Å². The molecule has 2 aromatic carbocycles. The molecule has 0 aromatic heterocycles. The van der Waals surface area contributed by atoms with E-state index in [9.17, 15) is 5.11 Å². The summed E-state index contributed by atoms with van der Waals surface area (Å²) < 4.78 is 5.42. The zero-order chi connectivity index (χ0) is 12.8. The van der Waals surface area contributed by atoms with Gasteiger partial charge in [-0.15, -0.1) is 0 Å². The Bertz CT molecular complexity index is 477. The van der Waals surface area contributed by atoms with E-state index in [1.807, 2.05) is 36.4 Å². The minimum absolute atomic E-state index is 0.296. The Kier molecular flexibility index (Phi) is 4.20. The van der Waals surface area contributed by atoms with Gasteiger partial charge in [-0.3, -0.25) is 0 Å². The van der Waals surface area contributed by atoms with Gasteiger partial charge in [0.1, 0.15) is 18.1 Å². The first kappa shape index (κ1) is 12.5. The Balaban J connectivity index is 1.99. The summed E-state index contributed by atoms with van der Waals surface area (Å²) in [4.78, 5) is 0. The molecule has 0 heterocycles. The van der Waals surface area contributed by atoms with Crippen LogP contribution in [0.3, 0.4) is 0 Å². The molecule has 0 aliphatic carbocycles. The Labute approximate surface area is 107 Å². The summed E-state index contributed by atoms with van der Waals surface area (Å²) in [6, 6.07) is 15.2. The van der Waals surface area contributed by atoms with Crippen LogP contribution in [0, 0.1) is 0 Å². The Morgan fingerprint density at radius 2 is 1.44 bits per heavy atom. The lowest BCUT2D eigenvalue weighted by molar-refractivity contribution is 0.328. The molecule has 2 rings (SSSR count). The number of phenols is 1. The number of phenolic OH excluding ortho intramolecular Hbond substituents is 1. The molecule has 0 fully saturated rings. The molecule has 0 unspecified atom stereocenters. The summed E-state index contributed by atoms with van der Waals surface area (Å²) >= 11 is 0. The van der Waals surface area contributed by atoms with Crippen molar-refractivity contribution in [3.05, 3.63) is 59.7 Å².